The first-order valence-electron chi connectivity index (χ1n) is 8.80. The minimum atomic E-state index is -0.0574. The third-order valence-electron chi connectivity index (χ3n) is 4.12. The van der Waals surface area contributed by atoms with Gasteiger partial charge in [-0.2, -0.15) is 0 Å². The van der Waals surface area contributed by atoms with Crippen LogP contribution in [0.1, 0.15) is 30.1 Å². The molecular weight excluding hydrogens is 342 g/mol. The molecule has 0 fully saturated rings. The molecule has 0 saturated carbocycles. The molecule has 1 aromatic heterocycles. The molecule has 0 aliphatic heterocycles. The van der Waals surface area contributed by atoms with Crippen molar-refractivity contribution in [2.75, 3.05) is 18.1 Å². The Morgan fingerprint density at radius 1 is 1.12 bits per heavy atom. The predicted molar refractivity (Wildman–Crippen MR) is 110 cm³/mol. The largest absolute Gasteiger partial charge is 0.352 e. The monoisotopic (exact) mass is 365 g/mol. The average Bonchev–Trinajstić information content (AvgIpc) is 2.67. The Balaban J connectivity index is 1.94. The summed E-state index contributed by atoms with van der Waals surface area (Å²) in [7, 11) is 0. The highest BCUT2D eigenvalue weighted by Gasteiger charge is 2.13. The van der Waals surface area contributed by atoms with E-state index in [9.17, 15) is 4.79 Å². The average molecular weight is 366 g/mol. The zero-order valence-corrected chi connectivity index (χ0v) is 15.9. The highest BCUT2D eigenvalue weighted by Crippen LogP contribution is 2.25. The molecule has 0 atom stereocenters. The van der Waals surface area contributed by atoms with Gasteiger partial charge in [0.1, 0.15) is 5.82 Å². The van der Waals surface area contributed by atoms with E-state index in [0.29, 0.717) is 17.9 Å². The summed E-state index contributed by atoms with van der Waals surface area (Å²) in [6.45, 7) is 2.79. The van der Waals surface area contributed by atoms with Gasteiger partial charge in [-0.05, 0) is 43.0 Å². The van der Waals surface area contributed by atoms with Crippen LogP contribution < -0.4 is 10.6 Å². The summed E-state index contributed by atoms with van der Waals surface area (Å²) in [6.07, 6.45) is 4.07. The van der Waals surface area contributed by atoms with Crippen molar-refractivity contribution in [3.05, 3.63) is 60.2 Å². The fraction of sp³-hybridized carbons (Fsp3) is 0.238. The van der Waals surface area contributed by atoms with Crippen molar-refractivity contribution in [1.29, 1.82) is 0 Å². The molecule has 2 aromatic carbocycles. The molecular formula is C21H23N3OS. The molecule has 0 aliphatic carbocycles. The highest BCUT2D eigenvalue weighted by atomic mass is 32.2. The van der Waals surface area contributed by atoms with Crippen molar-refractivity contribution in [1.82, 2.24) is 10.3 Å². The maximum atomic E-state index is 12.7. The van der Waals surface area contributed by atoms with Gasteiger partial charge in [0, 0.05) is 22.5 Å². The number of hydrogen-bond acceptors (Lipinski definition) is 4. The van der Waals surface area contributed by atoms with E-state index in [1.165, 1.54) is 4.90 Å². The zero-order valence-electron chi connectivity index (χ0n) is 15.1. The van der Waals surface area contributed by atoms with Crippen molar-refractivity contribution in [2.24, 2.45) is 0 Å². The van der Waals surface area contributed by atoms with Gasteiger partial charge in [0.05, 0.1) is 11.1 Å². The Hall–Kier alpha value is -2.53. The Morgan fingerprint density at radius 3 is 2.77 bits per heavy atom. The lowest BCUT2D eigenvalue weighted by molar-refractivity contribution is 0.0955. The molecule has 0 unspecified atom stereocenters. The quantitative estimate of drug-likeness (QED) is 0.445. The van der Waals surface area contributed by atoms with Crippen LogP contribution in [0.3, 0.4) is 0 Å². The van der Waals surface area contributed by atoms with Crippen LogP contribution in [-0.2, 0) is 0 Å². The zero-order chi connectivity index (χ0) is 18.4. The van der Waals surface area contributed by atoms with Gasteiger partial charge in [-0.1, -0.05) is 37.6 Å². The van der Waals surface area contributed by atoms with E-state index in [1.807, 2.05) is 48.7 Å². The van der Waals surface area contributed by atoms with Gasteiger partial charge in [0.2, 0.25) is 0 Å². The van der Waals surface area contributed by atoms with Gasteiger partial charge in [0.15, 0.2) is 0 Å². The van der Waals surface area contributed by atoms with E-state index in [1.54, 1.807) is 11.8 Å². The molecule has 1 amide bonds. The lowest BCUT2D eigenvalue weighted by Gasteiger charge is -2.12. The van der Waals surface area contributed by atoms with Crippen LogP contribution >= 0.6 is 11.8 Å². The van der Waals surface area contributed by atoms with Crippen LogP contribution in [0.25, 0.3) is 10.9 Å². The second kappa shape index (κ2) is 8.72. The van der Waals surface area contributed by atoms with Crippen LogP contribution in [0.2, 0.25) is 0 Å². The summed E-state index contributed by atoms with van der Waals surface area (Å²) in [5.41, 5.74) is 2.41. The van der Waals surface area contributed by atoms with Gasteiger partial charge in [0.25, 0.3) is 5.91 Å². The lowest BCUT2D eigenvalue weighted by Crippen LogP contribution is -2.24. The SMILES string of the molecule is CCCCNC(=O)c1cc(Nc2cccc(SC)c2)nc2ccccc12. The molecule has 134 valence electrons. The lowest BCUT2D eigenvalue weighted by atomic mass is 10.1. The van der Waals surface area contributed by atoms with Crippen LogP contribution in [0, 0.1) is 0 Å². The summed E-state index contributed by atoms with van der Waals surface area (Å²) >= 11 is 1.69. The van der Waals surface area contributed by atoms with Crippen molar-refractivity contribution in [3.63, 3.8) is 0 Å². The summed E-state index contributed by atoms with van der Waals surface area (Å²) in [6, 6.07) is 17.7. The third kappa shape index (κ3) is 4.35. The highest BCUT2D eigenvalue weighted by molar-refractivity contribution is 7.98. The number of para-hydroxylation sites is 1. The van der Waals surface area contributed by atoms with E-state index in [2.05, 4.69) is 34.7 Å². The van der Waals surface area contributed by atoms with Gasteiger partial charge in [-0.15, -0.1) is 11.8 Å². The molecule has 3 rings (SSSR count). The molecule has 4 nitrogen and oxygen atoms in total. The second-order valence-corrected chi connectivity index (χ2v) is 6.92. The molecule has 26 heavy (non-hydrogen) atoms. The molecule has 5 heteroatoms. The van der Waals surface area contributed by atoms with Gasteiger partial charge in [-0.25, -0.2) is 4.98 Å². The normalized spacial score (nSPS) is 10.7. The number of unbranched alkanes of at least 4 members (excludes halogenated alkanes) is 1. The summed E-state index contributed by atoms with van der Waals surface area (Å²) in [5.74, 6) is 0.612. The van der Waals surface area contributed by atoms with E-state index < -0.39 is 0 Å². The number of pyridine rings is 1. The van der Waals surface area contributed by atoms with E-state index in [-0.39, 0.29) is 5.91 Å². The van der Waals surface area contributed by atoms with Crippen LogP contribution in [0.5, 0.6) is 0 Å². The fourth-order valence-corrected chi connectivity index (χ4v) is 3.21. The number of rotatable bonds is 7. The smallest absolute Gasteiger partial charge is 0.252 e. The number of nitrogens with one attached hydrogen (secondary N) is 2. The van der Waals surface area contributed by atoms with Crippen molar-refractivity contribution >= 4 is 40.1 Å². The molecule has 0 radical (unpaired) electrons. The van der Waals surface area contributed by atoms with Gasteiger partial charge in [-0.3, -0.25) is 4.79 Å². The minimum absolute atomic E-state index is 0.0574. The predicted octanol–water partition coefficient (Wildman–Crippen LogP) is 5.23. The number of thioether (sulfide) groups is 1. The van der Waals surface area contributed by atoms with E-state index in [4.69, 9.17) is 0 Å². The van der Waals surface area contributed by atoms with Gasteiger partial charge >= 0.3 is 0 Å². The Labute approximate surface area is 158 Å². The number of hydrogen-bond donors (Lipinski definition) is 2. The number of nitrogens with zero attached hydrogens (tertiary/aromatic N) is 1. The number of carbonyl (C=O) groups is 1. The minimum Gasteiger partial charge on any atom is -0.352 e. The number of anilines is 2. The van der Waals surface area contributed by atoms with Gasteiger partial charge < -0.3 is 10.6 Å². The first-order chi connectivity index (χ1) is 12.7. The summed E-state index contributed by atoms with van der Waals surface area (Å²) in [4.78, 5) is 18.5. The van der Waals surface area contributed by atoms with Crippen LogP contribution in [0.15, 0.2) is 59.5 Å². The maximum absolute atomic E-state index is 12.7. The van der Waals surface area contributed by atoms with Crippen molar-refractivity contribution in [3.8, 4) is 0 Å². The number of amides is 1. The van der Waals surface area contributed by atoms with Crippen molar-refractivity contribution in [2.45, 2.75) is 24.7 Å². The number of carbonyl (C=O) groups excluding carboxylic acids is 1. The second-order valence-electron chi connectivity index (χ2n) is 6.04. The fourth-order valence-electron chi connectivity index (χ4n) is 2.75. The summed E-state index contributed by atoms with van der Waals surface area (Å²) in [5, 5.41) is 7.20. The molecule has 1 heterocycles. The maximum Gasteiger partial charge on any atom is 0.252 e. The van der Waals surface area contributed by atoms with Crippen LogP contribution in [0.4, 0.5) is 11.5 Å². The third-order valence-corrected chi connectivity index (χ3v) is 4.84. The first-order valence-corrected chi connectivity index (χ1v) is 10.0. The molecule has 0 bridgehead atoms. The molecule has 0 saturated heterocycles. The molecule has 0 aliphatic rings. The van der Waals surface area contributed by atoms with Crippen LogP contribution in [-0.4, -0.2) is 23.7 Å². The topological polar surface area (TPSA) is 54.0 Å². The number of benzene rings is 2. The standard InChI is InChI=1S/C21H23N3OS/c1-3-4-12-22-21(25)18-14-20(24-19-11-6-5-10-17(18)19)23-15-8-7-9-16(13-15)26-2/h5-11,13-14H,3-4,12H2,1-2H3,(H,22,25)(H,23,24). The molecule has 3 aromatic rings. The Bertz CT molecular complexity index is 911. The van der Waals surface area contributed by atoms with E-state index in [0.717, 1.165) is 29.4 Å². The number of fused-ring (bicyclic) bond motifs is 1. The Kier molecular flexibility index (Phi) is 6.12. The summed E-state index contributed by atoms with van der Waals surface area (Å²) < 4.78 is 0. The number of aromatic nitrogens is 1. The first kappa shape index (κ1) is 18.3. The molecule has 2 N–H and O–H groups in total. The van der Waals surface area contributed by atoms with E-state index >= 15 is 0 Å². The van der Waals surface area contributed by atoms with Crippen molar-refractivity contribution < 1.29 is 4.79 Å². The Morgan fingerprint density at radius 2 is 1.96 bits per heavy atom. The molecule has 0 spiro atoms.